The molecule has 2 amide bonds. The summed E-state index contributed by atoms with van der Waals surface area (Å²) >= 11 is 6.06. The molecule has 1 saturated heterocycles. The Kier molecular flexibility index (Phi) is 5.16. The molecule has 1 N–H and O–H groups in total. The highest BCUT2D eigenvalue weighted by Gasteiger charge is 2.34. The van der Waals surface area contributed by atoms with Crippen molar-refractivity contribution in [2.24, 2.45) is 5.92 Å². The quantitative estimate of drug-likeness (QED) is 0.905. The molecule has 5 heteroatoms. The van der Waals surface area contributed by atoms with Crippen molar-refractivity contribution in [1.29, 1.82) is 0 Å². The monoisotopic (exact) mass is 342 g/mol. The maximum atomic E-state index is 12.4. The molecule has 0 aromatic heterocycles. The first kappa shape index (κ1) is 16.5. The Morgan fingerprint density at radius 3 is 2.58 bits per heavy atom. The minimum atomic E-state index is -0.329. The molecule has 2 aromatic carbocycles. The number of nitrogens with one attached hydrogen (secondary N) is 1. The van der Waals surface area contributed by atoms with Crippen molar-refractivity contribution in [3.63, 3.8) is 0 Å². The van der Waals surface area contributed by atoms with E-state index in [9.17, 15) is 9.59 Å². The molecule has 0 spiro atoms. The lowest BCUT2D eigenvalue weighted by molar-refractivity contribution is -0.128. The van der Waals surface area contributed by atoms with Crippen LogP contribution in [0.1, 0.15) is 12.0 Å². The summed E-state index contributed by atoms with van der Waals surface area (Å²) in [5.41, 5.74) is 1.77. The summed E-state index contributed by atoms with van der Waals surface area (Å²) in [6, 6.07) is 17.1. The van der Waals surface area contributed by atoms with Gasteiger partial charge in [0.05, 0.1) is 16.6 Å². The molecule has 3 rings (SSSR count). The first-order valence-corrected chi connectivity index (χ1v) is 8.38. The number of amides is 2. The van der Waals surface area contributed by atoms with Gasteiger partial charge in [0.25, 0.3) is 0 Å². The summed E-state index contributed by atoms with van der Waals surface area (Å²) in [5.74, 6) is -0.451. The third-order valence-corrected chi connectivity index (χ3v) is 4.56. The summed E-state index contributed by atoms with van der Waals surface area (Å²) in [4.78, 5) is 26.3. The summed E-state index contributed by atoms with van der Waals surface area (Å²) in [6.45, 7) is 1.10. The van der Waals surface area contributed by atoms with Crippen LogP contribution in [0.2, 0.25) is 5.02 Å². The normalized spacial score (nSPS) is 17.1. The van der Waals surface area contributed by atoms with Crippen LogP contribution in [0.25, 0.3) is 0 Å². The fourth-order valence-corrected chi connectivity index (χ4v) is 3.05. The number of likely N-dealkylation sites (tertiary alicyclic amines) is 1. The standard InChI is InChI=1S/C19H19ClN2O2/c20-16-8-4-5-9-17(16)21-19(24)15-12-18(23)22(13-15)11-10-14-6-2-1-3-7-14/h1-9,15H,10-13H2,(H,21,24)/t15-/m1/s1. The molecule has 124 valence electrons. The summed E-state index contributed by atoms with van der Waals surface area (Å²) < 4.78 is 0. The Labute approximate surface area is 146 Å². The van der Waals surface area contributed by atoms with Gasteiger partial charge in [-0.1, -0.05) is 54.1 Å². The largest absolute Gasteiger partial charge is 0.342 e. The predicted octanol–water partition coefficient (Wildman–Crippen LogP) is 3.37. The fraction of sp³-hybridized carbons (Fsp3) is 0.263. The average molecular weight is 343 g/mol. The van der Waals surface area contributed by atoms with Crippen LogP contribution >= 0.6 is 11.6 Å². The molecule has 1 atom stereocenters. The first-order chi connectivity index (χ1) is 11.6. The van der Waals surface area contributed by atoms with E-state index in [1.54, 1.807) is 17.0 Å². The van der Waals surface area contributed by atoms with E-state index < -0.39 is 0 Å². The van der Waals surface area contributed by atoms with Crippen molar-refractivity contribution in [2.75, 3.05) is 18.4 Å². The van der Waals surface area contributed by atoms with E-state index in [0.717, 1.165) is 6.42 Å². The van der Waals surface area contributed by atoms with E-state index in [0.29, 0.717) is 23.8 Å². The Morgan fingerprint density at radius 1 is 1.12 bits per heavy atom. The van der Waals surface area contributed by atoms with Crippen molar-refractivity contribution in [3.05, 3.63) is 65.2 Å². The predicted molar refractivity (Wildman–Crippen MR) is 94.9 cm³/mol. The van der Waals surface area contributed by atoms with Gasteiger partial charge in [-0.3, -0.25) is 9.59 Å². The second kappa shape index (κ2) is 7.49. The van der Waals surface area contributed by atoms with Crippen LogP contribution in [0.5, 0.6) is 0 Å². The molecule has 1 heterocycles. The van der Waals surface area contributed by atoms with Crippen LogP contribution in [-0.2, 0) is 16.0 Å². The zero-order valence-electron chi connectivity index (χ0n) is 13.2. The lowest BCUT2D eigenvalue weighted by Crippen LogP contribution is -2.30. The lowest BCUT2D eigenvalue weighted by atomic mass is 10.1. The number of rotatable bonds is 5. The number of halogens is 1. The van der Waals surface area contributed by atoms with Gasteiger partial charge in [-0.05, 0) is 24.1 Å². The smallest absolute Gasteiger partial charge is 0.229 e. The molecule has 0 radical (unpaired) electrons. The molecular formula is C19H19ClN2O2. The summed E-state index contributed by atoms with van der Waals surface area (Å²) in [6.07, 6.45) is 1.05. The Balaban J connectivity index is 1.56. The molecule has 0 aliphatic carbocycles. The molecule has 0 bridgehead atoms. The highest BCUT2D eigenvalue weighted by atomic mass is 35.5. The first-order valence-electron chi connectivity index (χ1n) is 8.00. The van der Waals surface area contributed by atoms with E-state index in [1.807, 2.05) is 42.5 Å². The van der Waals surface area contributed by atoms with Crippen LogP contribution in [0.15, 0.2) is 54.6 Å². The molecule has 0 saturated carbocycles. The topological polar surface area (TPSA) is 49.4 Å². The van der Waals surface area contributed by atoms with Crippen LogP contribution in [0.4, 0.5) is 5.69 Å². The van der Waals surface area contributed by atoms with Crippen molar-refractivity contribution in [1.82, 2.24) is 4.90 Å². The number of carbonyl (C=O) groups is 2. The third kappa shape index (κ3) is 3.95. The molecule has 2 aromatic rings. The van der Waals surface area contributed by atoms with Crippen molar-refractivity contribution in [2.45, 2.75) is 12.8 Å². The number of benzene rings is 2. The lowest BCUT2D eigenvalue weighted by Gasteiger charge is -2.16. The highest BCUT2D eigenvalue weighted by molar-refractivity contribution is 6.33. The third-order valence-electron chi connectivity index (χ3n) is 4.23. The second-order valence-electron chi connectivity index (χ2n) is 5.95. The number of carbonyl (C=O) groups excluding carboxylic acids is 2. The number of anilines is 1. The van der Waals surface area contributed by atoms with E-state index in [1.165, 1.54) is 5.56 Å². The van der Waals surface area contributed by atoms with E-state index in [-0.39, 0.29) is 24.2 Å². The summed E-state index contributed by atoms with van der Waals surface area (Å²) in [5, 5.41) is 3.31. The second-order valence-corrected chi connectivity index (χ2v) is 6.35. The fourth-order valence-electron chi connectivity index (χ4n) is 2.87. The number of hydrogen-bond donors (Lipinski definition) is 1. The maximum Gasteiger partial charge on any atom is 0.229 e. The Bertz CT molecular complexity index is 733. The van der Waals surface area contributed by atoms with Crippen LogP contribution in [-0.4, -0.2) is 29.8 Å². The van der Waals surface area contributed by atoms with Crippen LogP contribution in [0, 0.1) is 5.92 Å². The molecule has 0 unspecified atom stereocenters. The number of nitrogens with zero attached hydrogens (tertiary/aromatic N) is 1. The molecule has 1 aliphatic heterocycles. The minimum absolute atomic E-state index is 0.0326. The van der Waals surface area contributed by atoms with E-state index >= 15 is 0 Å². The van der Waals surface area contributed by atoms with E-state index in [2.05, 4.69) is 5.32 Å². The van der Waals surface area contributed by atoms with Gasteiger partial charge < -0.3 is 10.2 Å². The van der Waals surface area contributed by atoms with Gasteiger partial charge in [-0.2, -0.15) is 0 Å². The molecule has 1 fully saturated rings. The van der Waals surface area contributed by atoms with Crippen molar-refractivity contribution >= 4 is 29.1 Å². The van der Waals surface area contributed by atoms with Gasteiger partial charge in [0.15, 0.2) is 0 Å². The molecular weight excluding hydrogens is 324 g/mol. The molecule has 4 nitrogen and oxygen atoms in total. The van der Waals surface area contributed by atoms with Crippen molar-refractivity contribution in [3.8, 4) is 0 Å². The highest BCUT2D eigenvalue weighted by Crippen LogP contribution is 2.24. The van der Waals surface area contributed by atoms with E-state index in [4.69, 9.17) is 11.6 Å². The van der Waals surface area contributed by atoms with Gasteiger partial charge in [-0.15, -0.1) is 0 Å². The van der Waals surface area contributed by atoms with Crippen LogP contribution < -0.4 is 5.32 Å². The van der Waals surface area contributed by atoms with Gasteiger partial charge in [-0.25, -0.2) is 0 Å². The molecule has 24 heavy (non-hydrogen) atoms. The average Bonchev–Trinajstić information content (AvgIpc) is 2.97. The van der Waals surface area contributed by atoms with Gasteiger partial charge in [0.1, 0.15) is 0 Å². The van der Waals surface area contributed by atoms with Gasteiger partial charge in [0.2, 0.25) is 11.8 Å². The zero-order chi connectivity index (χ0) is 16.9. The minimum Gasteiger partial charge on any atom is -0.342 e. The van der Waals surface area contributed by atoms with Crippen LogP contribution in [0.3, 0.4) is 0 Å². The summed E-state index contributed by atoms with van der Waals surface area (Å²) in [7, 11) is 0. The maximum absolute atomic E-state index is 12.4. The van der Waals surface area contributed by atoms with Gasteiger partial charge in [0, 0.05) is 19.5 Å². The number of para-hydroxylation sites is 1. The van der Waals surface area contributed by atoms with Gasteiger partial charge >= 0.3 is 0 Å². The molecule has 1 aliphatic rings. The Morgan fingerprint density at radius 2 is 1.83 bits per heavy atom. The zero-order valence-corrected chi connectivity index (χ0v) is 14.0. The van der Waals surface area contributed by atoms with Crippen molar-refractivity contribution < 1.29 is 9.59 Å². The number of hydrogen-bond acceptors (Lipinski definition) is 2. The SMILES string of the molecule is O=C(Nc1ccccc1Cl)[C@@H]1CC(=O)N(CCc2ccccc2)C1. The Hall–Kier alpha value is -2.33.